The molecule has 2 aromatic carbocycles. The van der Waals surface area contributed by atoms with Gasteiger partial charge in [0.25, 0.3) is 0 Å². The maximum absolute atomic E-state index is 13.9. The van der Waals surface area contributed by atoms with Crippen LogP contribution in [0.5, 0.6) is 28.9 Å². The third-order valence-electron chi connectivity index (χ3n) is 7.30. The van der Waals surface area contributed by atoms with Gasteiger partial charge in [0.2, 0.25) is 17.6 Å². The predicted octanol–water partition coefficient (Wildman–Crippen LogP) is 5.23. The fourth-order valence-electron chi connectivity index (χ4n) is 5.12. The second-order valence-corrected chi connectivity index (χ2v) is 9.98. The Kier molecular flexibility index (Phi) is 7.83. The molecule has 0 bridgehead atoms. The summed E-state index contributed by atoms with van der Waals surface area (Å²) in [4.78, 5) is 14.4. The average Bonchev–Trinajstić information content (AvgIpc) is 2.93. The van der Waals surface area contributed by atoms with Crippen molar-refractivity contribution in [3.8, 4) is 28.9 Å². The molecule has 1 fully saturated rings. The van der Waals surface area contributed by atoms with E-state index in [4.69, 9.17) is 28.9 Å². The van der Waals surface area contributed by atoms with Gasteiger partial charge in [0, 0.05) is 45.2 Å². The molecule has 0 saturated carbocycles. The summed E-state index contributed by atoms with van der Waals surface area (Å²) in [5, 5.41) is 0. The number of anilines is 1. The fourth-order valence-corrected chi connectivity index (χ4v) is 5.12. The van der Waals surface area contributed by atoms with Gasteiger partial charge in [-0.05, 0) is 48.6 Å². The Morgan fingerprint density at radius 1 is 0.947 bits per heavy atom. The fraction of sp³-hybridized carbons (Fsp3) is 0.448. The number of methoxy groups -OCH3 is 3. The largest absolute Gasteiger partial charge is 0.493 e. The van der Waals surface area contributed by atoms with Crippen molar-refractivity contribution in [2.45, 2.75) is 39.3 Å². The molecule has 8 nitrogen and oxygen atoms in total. The maximum Gasteiger partial charge on any atom is 0.228 e. The summed E-state index contributed by atoms with van der Waals surface area (Å²) in [5.74, 6) is 3.78. The van der Waals surface area contributed by atoms with Gasteiger partial charge in [-0.25, -0.2) is 9.37 Å². The lowest BCUT2D eigenvalue weighted by Crippen LogP contribution is -2.36. The Labute approximate surface area is 223 Å². The highest BCUT2D eigenvalue weighted by Crippen LogP contribution is 2.39. The van der Waals surface area contributed by atoms with Crippen molar-refractivity contribution in [1.82, 2.24) is 14.9 Å². The number of hydrogen-bond donors (Lipinski definition) is 0. The van der Waals surface area contributed by atoms with Crippen LogP contribution in [0.2, 0.25) is 0 Å². The number of fused-ring (bicyclic) bond motifs is 1. The van der Waals surface area contributed by atoms with Gasteiger partial charge in [-0.3, -0.25) is 4.90 Å². The van der Waals surface area contributed by atoms with Gasteiger partial charge in [-0.15, -0.1) is 0 Å². The molecule has 0 radical (unpaired) electrons. The van der Waals surface area contributed by atoms with E-state index in [-0.39, 0.29) is 5.82 Å². The van der Waals surface area contributed by atoms with Gasteiger partial charge in [-0.2, -0.15) is 4.98 Å². The van der Waals surface area contributed by atoms with Crippen LogP contribution in [0.25, 0.3) is 0 Å². The highest BCUT2D eigenvalue weighted by molar-refractivity contribution is 5.54. The number of piperidine rings is 1. The average molecular weight is 523 g/mol. The third-order valence-corrected chi connectivity index (χ3v) is 7.30. The van der Waals surface area contributed by atoms with Crippen LogP contribution in [0.15, 0.2) is 36.4 Å². The summed E-state index contributed by atoms with van der Waals surface area (Å²) < 4.78 is 36.7. The molecule has 38 heavy (non-hydrogen) atoms. The molecular formula is C29H35FN4O4. The van der Waals surface area contributed by atoms with Crippen LogP contribution in [-0.4, -0.2) is 55.8 Å². The molecule has 3 aromatic rings. The molecule has 1 aromatic heterocycles. The lowest BCUT2D eigenvalue weighted by atomic mass is 9.99. The first-order valence-corrected chi connectivity index (χ1v) is 13.1. The first-order valence-electron chi connectivity index (χ1n) is 13.1. The summed E-state index contributed by atoms with van der Waals surface area (Å²) in [6.45, 7) is 6.23. The molecule has 3 heterocycles. The molecular weight excluding hydrogens is 487 g/mol. The van der Waals surface area contributed by atoms with Crippen molar-refractivity contribution in [2.75, 3.05) is 45.9 Å². The summed E-state index contributed by atoms with van der Waals surface area (Å²) >= 11 is 0. The van der Waals surface area contributed by atoms with E-state index >= 15 is 0 Å². The van der Waals surface area contributed by atoms with Gasteiger partial charge in [0.15, 0.2) is 11.5 Å². The Balaban J connectivity index is 1.44. The normalized spacial score (nSPS) is 16.2. The second-order valence-electron chi connectivity index (χ2n) is 9.98. The Morgan fingerprint density at radius 3 is 2.34 bits per heavy atom. The molecule has 0 N–H and O–H groups in total. The molecule has 1 saturated heterocycles. The molecule has 5 rings (SSSR count). The lowest BCUT2D eigenvalue weighted by molar-refractivity contribution is 0.237. The van der Waals surface area contributed by atoms with Crippen LogP contribution in [0.4, 0.5) is 10.3 Å². The van der Waals surface area contributed by atoms with Crippen molar-refractivity contribution in [3.63, 3.8) is 0 Å². The zero-order chi connectivity index (χ0) is 26.6. The minimum Gasteiger partial charge on any atom is -0.493 e. The molecule has 0 spiro atoms. The number of nitrogens with zero attached hydrogens (tertiary/aromatic N) is 4. The summed E-state index contributed by atoms with van der Waals surface area (Å²) in [7, 11) is 4.83. The highest BCUT2D eigenvalue weighted by atomic mass is 19.1. The predicted molar refractivity (Wildman–Crippen MR) is 143 cm³/mol. The van der Waals surface area contributed by atoms with E-state index in [2.05, 4.69) is 16.7 Å². The summed E-state index contributed by atoms with van der Waals surface area (Å²) in [5.41, 5.74) is 2.96. The molecule has 0 atom stereocenters. The molecule has 0 unspecified atom stereocenters. The molecule has 9 heteroatoms. The van der Waals surface area contributed by atoms with E-state index in [1.807, 2.05) is 12.1 Å². The number of benzene rings is 2. The third kappa shape index (κ3) is 5.62. The van der Waals surface area contributed by atoms with Crippen molar-refractivity contribution in [1.29, 1.82) is 0 Å². The molecule has 2 aliphatic rings. The smallest absolute Gasteiger partial charge is 0.228 e. The quantitative estimate of drug-likeness (QED) is 0.399. The number of aromatic nitrogens is 2. The van der Waals surface area contributed by atoms with E-state index in [1.165, 1.54) is 12.1 Å². The van der Waals surface area contributed by atoms with Crippen LogP contribution in [-0.2, 0) is 19.5 Å². The standard InChI is InChI=1S/C29H35FN4O4/c1-19-8-12-34(13-9-19)29-31-24-10-11-33(17-20-14-25(35-2)27(37-4)26(15-20)36-3)18-23(24)28(32-29)38-22-7-5-6-21(30)16-22/h5-7,14-16,19H,8-13,17-18H2,1-4H3. The Bertz CT molecular complexity index is 1250. The van der Waals surface area contributed by atoms with Gasteiger partial charge in [0.1, 0.15) is 11.6 Å². The molecule has 2 aliphatic heterocycles. The highest BCUT2D eigenvalue weighted by Gasteiger charge is 2.27. The van der Waals surface area contributed by atoms with Gasteiger partial charge in [-0.1, -0.05) is 13.0 Å². The summed E-state index contributed by atoms with van der Waals surface area (Å²) in [6, 6.07) is 10.1. The van der Waals surface area contributed by atoms with Crippen LogP contribution in [0, 0.1) is 11.7 Å². The Hall–Kier alpha value is -3.59. The summed E-state index contributed by atoms with van der Waals surface area (Å²) in [6.07, 6.45) is 2.99. The van der Waals surface area contributed by atoms with Crippen LogP contribution in [0.3, 0.4) is 0 Å². The van der Waals surface area contributed by atoms with Gasteiger partial charge < -0.3 is 23.8 Å². The van der Waals surface area contributed by atoms with E-state index in [9.17, 15) is 4.39 Å². The van der Waals surface area contributed by atoms with E-state index in [0.717, 1.165) is 55.7 Å². The Morgan fingerprint density at radius 2 is 1.68 bits per heavy atom. The molecule has 0 amide bonds. The van der Waals surface area contributed by atoms with Crippen LogP contribution < -0.4 is 23.8 Å². The van der Waals surface area contributed by atoms with Gasteiger partial charge >= 0.3 is 0 Å². The van der Waals surface area contributed by atoms with E-state index in [1.54, 1.807) is 33.5 Å². The second kappa shape index (κ2) is 11.4. The first kappa shape index (κ1) is 26.0. The van der Waals surface area contributed by atoms with E-state index < -0.39 is 0 Å². The number of rotatable bonds is 8. The zero-order valence-corrected chi connectivity index (χ0v) is 22.5. The van der Waals surface area contributed by atoms with Crippen molar-refractivity contribution in [3.05, 3.63) is 59.0 Å². The van der Waals surface area contributed by atoms with Crippen molar-refractivity contribution >= 4 is 5.95 Å². The van der Waals surface area contributed by atoms with Crippen LogP contribution in [0.1, 0.15) is 36.6 Å². The minimum atomic E-state index is -0.348. The molecule has 0 aliphatic carbocycles. The lowest BCUT2D eigenvalue weighted by Gasteiger charge is -2.33. The van der Waals surface area contributed by atoms with E-state index in [0.29, 0.717) is 53.8 Å². The number of halogens is 1. The van der Waals surface area contributed by atoms with Crippen LogP contribution >= 0.6 is 0 Å². The topological polar surface area (TPSA) is 69.2 Å². The van der Waals surface area contributed by atoms with Crippen molar-refractivity contribution < 1.29 is 23.3 Å². The number of ether oxygens (including phenoxy) is 4. The zero-order valence-electron chi connectivity index (χ0n) is 22.5. The first-order chi connectivity index (χ1) is 18.5. The van der Waals surface area contributed by atoms with Crippen molar-refractivity contribution in [2.24, 2.45) is 5.92 Å². The molecule has 202 valence electrons. The number of hydrogen-bond acceptors (Lipinski definition) is 8. The van der Waals surface area contributed by atoms with Gasteiger partial charge in [0.05, 0.1) is 32.6 Å². The maximum atomic E-state index is 13.9. The minimum absolute atomic E-state index is 0.348. The SMILES string of the molecule is COc1cc(CN2CCc3nc(N4CCC(C)CC4)nc(Oc4cccc(F)c4)c3C2)cc(OC)c1OC. The monoisotopic (exact) mass is 522 g/mol.